The van der Waals surface area contributed by atoms with E-state index in [-0.39, 0.29) is 66.0 Å². The van der Waals surface area contributed by atoms with Gasteiger partial charge in [0.2, 0.25) is 11.8 Å². The number of carbonyl (C=O) groups is 2. The van der Waals surface area contributed by atoms with E-state index in [1.807, 2.05) is 13.8 Å². The fourth-order valence-corrected chi connectivity index (χ4v) is 5.28. The molecule has 0 bridgehead atoms. The summed E-state index contributed by atoms with van der Waals surface area (Å²) in [5.41, 5.74) is -2.20. The van der Waals surface area contributed by atoms with Gasteiger partial charge in [-0.3, -0.25) is 14.7 Å². The molecule has 2 aromatic rings. The molecule has 2 aromatic heterocycles. The third kappa shape index (κ3) is 5.47. The monoisotopic (exact) mass is 541 g/mol. The van der Waals surface area contributed by atoms with Gasteiger partial charge in [0.25, 0.3) is 5.91 Å². The van der Waals surface area contributed by atoms with Crippen molar-refractivity contribution in [1.29, 1.82) is 0 Å². The second-order valence-corrected chi connectivity index (χ2v) is 10.3. The van der Waals surface area contributed by atoms with Crippen LogP contribution in [0.2, 0.25) is 0 Å². The minimum absolute atomic E-state index is 0.0368. The van der Waals surface area contributed by atoms with Crippen LogP contribution >= 0.6 is 0 Å². The third-order valence-electron chi connectivity index (χ3n) is 7.71. The Balaban J connectivity index is 1.37. The van der Waals surface area contributed by atoms with Crippen LogP contribution in [0.3, 0.4) is 0 Å². The van der Waals surface area contributed by atoms with Gasteiger partial charge in [0, 0.05) is 36.2 Å². The van der Waals surface area contributed by atoms with Crippen molar-refractivity contribution in [3.63, 3.8) is 0 Å². The molecule has 0 radical (unpaired) electrons. The summed E-state index contributed by atoms with van der Waals surface area (Å²) in [6.45, 7) is 3.94. The van der Waals surface area contributed by atoms with E-state index in [1.165, 1.54) is 19.2 Å². The molecule has 9 nitrogen and oxygen atoms in total. The maximum absolute atomic E-state index is 14.3. The zero-order chi connectivity index (χ0) is 27.8. The number of rotatable bonds is 5. The van der Waals surface area contributed by atoms with Crippen LogP contribution < -0.4 is 10.1 Å². The van der Waals surface area contributed by atoms with Gasteiger partial charge < -0.3 is 20.1 Å². The molecule has 2 aliphatic rings. The second kappa shape index (κ2) is 10.5. The molecule has 2 amide bonds. The van der Waals surface area contributed by atoms with Gasteiger partial charge in [0.05, 0.1) is 19.0 Å². The van der Waals surface area contributed by atoms with Gasteiger partial charge in [-0.05, 0) is 51.0 Å². The van der Waals surface area contributed by atoms with Crippen LogP contribution in [0.1, 0.15) is 56.4 Å². The molecule has 13 heteroatoms. The Morgan fingerprint density at radius 2 is 1.92 bits per heavy atom. The van der Waals surface area contributed by atoms with E-state index in [2.05, 4.69) is 20.5 Å². The Hall–Kier alpha value is -3.22. The van der Waals surface area contributed by atoms with Crippen LogP contribution in [-0.2, 0) is 4.79 Å². The number of nitrogens with one attached hydrogen (secondary N) is 2. The number of aromatic nitrogens is 3. The number of amides is 2. The number of hydrogen-bond acceptors (Lipinski definition) is 6. The molecule has 1 saturated heterocycles. The second-order valence-electron chi connectivity index (χ2n) is 10.3. The molecule has 1 aliphatic heterocycles. The highest BCUT2D eigenvalue weighted by molar-refractivity contribution is 5.94. The molecule has 3 heterocycles. The molecule has 1 aliphatic carbocycles. The van der Waals surface area contributed by atoms with Crippen LogP contribution in [-0.4, -0.2) is 74.5 Å². The minimum Gasteiger partial charge on any atom is -0.481 e. The van der Waals surface area contributed by atoms with Crippen LogP contribution in [0.4, 0.5) is 17.6 Å². The Bertz CT molecular complexity index is 1180. The number of aliphatic hydroxyl groups is 1. The average Bonchev–Trinajstić information content (AvgIpc) is 3.36. The van der Waals surface area contributed by atoms with E-state index in [0.717, 1.165) is 6.20 Å². The van der Waals surface area contributed by atoms with Crippen LogP contribution in [0.25, 0.3) is 11.3 Å². The normalized spacial score (nSPS) is 28.2. The van der Waals surface area contributed by atoms with Crippen molar-refractivity contribution in [3.05, 3.63) is 29.8 Å². The lowest BCUT2D eigenvalue weighted by Gasteiger charge is -2.42. The van der Waals surface area contributed by atoms with Crippen molar-refractivity contribution in [2.75, 3.05) is 13.7 Å². The standard InChI is InChI=1S/C25H31F4N5O4/c1-13-12-34(23(36)20-10-19(32-33-20)17-9-21(38-3)30-11-18(17)26)14(2)8-16(13)22(35)31-15-4-6-24(37,7-5-15)25(27,28)29/h9-11,13-16,37H,4-8,12H2,1-3H3,(H,31,35)(H,32,33)/t13-,14+,15?,16-,24?/m0/s1. The molecule has 38 heavy (non-hydrogen) atoms. The Kier molecular flexibility index (Phi) is 7.69. The number of hydrogen-bond donors (Lipinski definition) is 3. The maximum Gasteiger partial charge on any atom is 0.417 e. The predicted molar refractivity (Wildman–Crippen MR) is 128 cm³/mol. The lowest BCUT2D eigenvalue weighted by Crippen LogP contribution is -2.54. The fraction of sp³-hybridized carbons (Fsp3) is 0.600. The number of pyridine rings is 1. The van der Waals surface area contributed by atoms with Crippen molar-refractivity contribution in [1.82, 2.24) is 25.4 Å². The first-order valence-electron chi connectivity index (χ1n) is 12.5. The lowest BCUT2D eigenvalue weighted by atomic mass is 9.80. The fourth-order valence-electron chi connectivity index (χ4n) is 5.28. The summed E-state index contributed by atoms with van der Waals surface area (Å²) in [4.78, 5) is 31.7. The summed E-state index contributed by atoms with van der Waals surface area (Å²) in [5, 5.41) is 19.4. The zero-order valence-corrected chi connectivity index (χ0v) is 21.3. The van der Waals surface area contributed by atoms with Crippen LogP contribution in [0.15, 0.2) is 18.3 Å². The van der Waals surface area contributed by atoms with Gasteiger partial charge in [-0.15, -0.1) is 0 Å². The molecular weight excluding hydrogens is 510 g/mol. The highest BCUT2D eigenvalue weighted by Crippen LogP contribution is 2.41. The molecule has 3 atom stereocenters. The zero-order valence-electron chi connectivity index (χ0n) is 21.3. The molecular formula is C25H31F4N5O4. The number of alkyl halides is 3. The molecule has 0 spiro atoms. The number of carbonyl (C=O) groups excluding carboxylic acids is 2. The van der Waals surface area contributed by atoms with E-state index < -0.39 is 42.4 Å². The predicted octanol–water partition coefficient (Wildman–Crippen LogP) is 3.46. The molecule has 0 unspecified atom stereocenters. The highest BCUT2D eigenvalue weighted by atomic mass is 19.4. The van der Waals surface area contributed by atoms with Crippen molar-refractivity contribution in [2.24, 2.45) is 11.8 Å². The van der Waals surface area contributed by atoms with Gasteiger partial charge in [-0.1, -0.05) is 6.92 Å². The Morgan fingerprint density at radius 3 is 2.55 bits per heavy atom. The van der Waals surface area contributed by atoms with Crippen molar-refractivity contribution in [2.45, 2.75) is 69.8 Å². The number of H-pyrrole nitrogens is 1. The summed E-state index contributed by atoms with van der Waals surface area (Å²) in [6.07, 6.45) is -4.15. The summed E-state index contributed by atoms with van der Waals surface area (Å²) < 4.78 is 58.5. The summed E-state index contributed by atoms with van der Waals surface area (Å²) in [5.74, 6) is -1.66. The molecule has 3 N–H and O–H groups in total. The van der Waals surface area contributed by atoms with Crippen molar-refractivity contribution < 1.29 is 37.0 Å². The SMILES string of the molecule is COc1cc(-c2cc(C(=O)N3C[C@H](C)[C@@H](C(=O)NC4CCC(O)(C(F)(F)F)CC4)C[C@H]3C)[nH]n2)c(F)cn1. The Morgan fingerprint density at radius 1 is 1.24 bits per heavy atom. The van der Waals surface area contributed by atoms with Crippen LogP contribution in [0, 0.1) is 17.7 Å². The van der Waals surface area contributed by atoms with Gasteiger partial charge in [-0.25, -0.2) is 9.37 Å². The molecule has 0 aromatic carbocycles. The molecule has 208 valence electrons. The topological polar surface area (TPSA) is 120 Å². The van der Waals surface area contributed by atoms with E-state index in [9.17, 15) is 32.3 Å². The highest BCUT2D eigenvalue weighted by Gasteiger charge is 2.54. The molecule has 4 rings (SSSR count). The third-order valence-corrected chi connectivity index (χ3v) is 7.71. The summed E-state index contributed by atoms with van der Waals surface area (Å²) >= 11 is 0. The van der Waals surface area contributed by atoms with E-state index >= 15 is 0 Å². The first kappa shape index (κ1) is 27.8. The number of likely N-dealkylation sites (tertiary alicyclic amines) is 1. The number of methoxy groups -OCH3 is 1. The molecule has 2 fully saturated rings. The average molecular weight is 542 g/mol. The maximum atomic E-state index is 14.3. The summed E-state index contributed by atoms with van der Waals surface area (Å²) in [6, 6.07) is 2.08. The number of halogens is 4. The van der Waals surface area contributed by atoms with E-state index in [0.29, 0.717) is 6.42 Å². The van der Waals surface area contributed by atoms with Gasteiger partial charge in [0.1, 0.15) is 5.69 Å². The van der Waals surface area contributed by atoms with Gasteiger partial charge in [-0.2, -0.15) is 18.3 Å². The van der Waals surface area contributed by atoms with E-state index in [4.69, 9.17) is 4.74 Å². The van der Waals surface area contributed by atoms with Gasteiger partial charge in [0.15, 0.2) is 11.4 Å². The van der Waals surface area contributed by atoms with Crippen molar-refractivity contribution >= 4 is 11.8 Å². The first-order chi connectivity index (χ1) is 17.8. The number of piperidine rings is 1. The lowest BCUT2D eigenvalue weighted by molar-refractivity contribution is -0.270. The number of ether oxygens (including phenoxy) is 1. The summed E-state index contributed by atoms with van der Waals surface area (Å²) in [7, 11) is 1.40. The largest absolute Gasteiger partial charge is 0.481 e. The molecule has 1 saturated carbocycles. The van der Waals surface area contributed by atoms with Crippen molar-refractivity contribution in [3.8, 4) is 17.1 Å². The van der Waals surface area contributed by atoms with E-state index in [1.54, 1.807) is 4.90 Å². The quantitative estimate of drug-likeness (QED) is 0.499. The smallest absolute Gasteiger partial charge is 0.417 e. The number of nitrogens with zero attached hydrogens (tertiary/aromatic N) is 3. The van der Waals surface area contributed by atoms with Gasteiger partial charge >= 0.3 is 6.18 Å². The number of aromatic amines is 1. The first-order valence-corrected chi connectivity index (χ1v) is 12.5. The minimum atomic E-state index is -4.69. The van der Waals surface area contributed by atoms with Crippen LogP contribution in [0.5, 0.6) is 5.88 Å². The Labute approximate surface area is 217 Å².